The maximum Gasteiger partial charge on any atom is 0.417 e. The topological polar surface area (TPSA) is 408 Å². The van der Waals surface area contributed by atoms with Crippen molar-refractivity contribution in [2.24, 2.45) is 0 Å². The van der Waals surface area contributed by atoms with E-state index in [2.05, 4.69) is 170 Å². The average Bonchev–Trinajstić information content (AvgIpc) is 1.50. The first-order valence-electron chi connectivity index (χ1n) is 37.1. The molecule has 0 aliphatic rings. The maximum atomic E-state index is 14.1. The number of hydrogen-bond donors (Lipinski definition) is 5. The quantitative estimate of drug-likeness (QED) is 0.0325. The van der Waals surface area contributed by atoms with Gasteiger partial charge in [0, 0.05) is 88.9 Å². The number of rotatable bonds is 7. The van der Waals surface area contributed by atoms with Crippen LogP contribution in [0.5, 0.6) is 5.75 Å². The van der Waals surface area contributed by atoms with Crippen LogP contribution in [0.2, 0.25) is 30.9 Å². The highest BCUT2D eigenvalue weighted by Crippen LogP contribution is 2.39. The van der Waals surface area contributed by atoms with Crippen LogP contribution in [0.15, 0.2) is 158 Å². The molecule has 15 heterocycles. The molecule has 15 rings (SSSR count). The van der Waals surface area contributed by atoms with Gasteiger partial charge in [-0.3, -0.25) is 9.34 Å². The second-order valence-electron chi connectivity index (χ2n) is 27.0. The number of anilines is 5. The zero-order chi connectivity index (χ0) is 105. The normalized spacial score (nSPS) is 10.0. The van der Waals surface area contributed by atoms with E-state index >= 15 is 0 Å². The van der Waals surface area contributed by atoms with Crippen molar-refractivity contribution in [3.8, 4) is 52.3 Å². The highest BCUT2D eigenvalue weighted by atomic mass is 127. The van der Waals surface area contributed by atoms with Gasteiger partial charge in [0.25, 0.3) is 14.0 Å². The van der Waals surface area contributed by atoms with E-state index in [1.165, 1.54) is 124 Å². The lowest BCUT2D eigenvalue weighted by atomic mass is 10.1. The van der Waals surface area contributed by atoms with Crippen molar-refractivity contribution in [3.05, 3.63) is 272 Å². The van der Waals surface area contributed by atoms with Crippen molar-refractivity contribution in [2.45, 2.75) is 74.0 Å². The molecule has 0 aliphatic carbocycles. The van der Waals surface area contributed by atoms with Crippen molar-refractivity contribution < 1.29 is 77.5 Å². The van der Waals surface area contributed by atoms with Gasteiger partial charge in [0.05, 0.1) is 119 Å². The third kappa shape index (κ3) is 35.7. The average molecular weight is 2470 g/mol. The van der Waals surface area contributed by atoms with Crippen LogP contribution in [0.4, 0.5) is 86.3 Å². The highest BCUT2D eigenvalue weighted by Gasteiger charge is 2.28. The molecule has 0 bridgehead atoms. The van der Waals surface area contributed by atoms with E-state index in [9.17, 15) is 57.9 Å². The molecule has 734 valence electrons. The third-order valence-corrected chi connectivity index (χ3v) is 22.7. The van der Waals surface area contributed by atoms with E-state index in [0.717, 1.165) is 20.8 Å². The predicted octanol–water partition coefficient (Wildman–Crippen LogP) is 25.4. The number of aromatic hydroxyl groups is 1. The van der Waals surface area contributed by atoms with Gasteiger partial charge >= 0.3 is 12.2 Å². The van der Waals surface area contributed by atoms with Gasteiger partial charge in [-0.2, -0.15) is 34.2 Å². The number of ether oxygens (including phenoxy) is 2. The van der Waals surface area contributed by atoms with Gasteiger partial charge in [0.1, 0.15) is 34.6 Å². The minimum Gasteiger partial charge on any atom is -0.504 e. The molecule has 15 aromatic rings. The molecule has 30 nitrogen and oxygen atoms in total. The van der Waals surface area contributed by atoms with Gasteiger partial charge in [-0.1, -0.05) is 77.0 Å². The van der Waals surface area contributed by atoms with Gasteiger partial charge in [-0.05, 0) is 235 Å². The number of amides is 2. The molecule has 7 atom stereocenters. The summed E-state index contributed by atoms with van der Waals surface area (Å²) in [5.74, 6) is -7.93. The summed E-state index contributed by atoms with van der Waals surface area (Å²) in [6.45, 7) is 13.3. The summed E-state index contributed by atoms with van der Waals surface area (Å²) in [7, 11) is 19.4. The van der Waals surface area contributed by atoms with Gasteiger partial charge in [-0.25, -0.2) is 110 Å². The molecule has 2 amide bonds. The lowest BCUT2D eigenvalue weighted by molar-refractivity contribution is 0.0600. The Hall–Kier alpha value is -9.81. The Morgan fingerprint density at radius 1 is 0.464 bits per heavy atom. The molecule has 15 aromatic heterocycles. The van der Waals surface area contributed by atoms with Gasteiger partial charge in [0.2, 0.25) is 11.9 Å². The third-order valence-electron chi connectivity index (χ3n) is 15.6. The van der Waals surface area contributed by atoms with Crippen molar-refractivity contribution in [1.82, 2.24) is 73.5 Å². The van der Waals surface area contributed by atoms with Gasteiger partial charge in [0.15, 0.2) is 94.6 Å². The zero-order valence-corrected chi connectivity index (χ0v) is 90.6. The Morgan fingerprint density at radius 3 is 1.24 bits per heavy atom. The second kappa shape index (κ2) is 60.6. The van der Waals surface area contributed by atoms with E-state index in [1.807, 2.05) is 28.7 Å². The number of nitrogens with one attached hydrogen (secondary N) is 3. The molecule has 0 aliphatic heterocycles. The van der Waals surface area contributed by atoms with Crippen LogP contribution in [-0.4, -0.2) is 115 Å². The number of nitriles is 4. The Balaban J connectivity index is 0.000000404. The lowest BCUT2D eigenvalue weighted by Gasteiger charge is -2.24. The number of carbonyl (C=O) groups is 2. The molecule has 58 heteroatoms. The predicted molar refractivity (Wildman–Crippen MR) is 564 cm³/mol. The Bertz CT molecular complexity index is 7000. The number of halogens is 20. The van der Waals surface area contributed by atoms with Crippen LogP contribution in [0, 0.1) is 117 Å². The smallest absolute Gasteiger partial charge is 0.417 e. The van der Waals surface area contributed by atoms with E-state index in [0.29, 0.717) is 57.9 Å². The first-order valence-corrected chi connectivity index (χ1v) is 46.1. The standard InChI is InChI=1S/C11H7F2N4P.C11H6FN4P.C10H7ClF2N3P.C10H12ClFIN2O2P.C10H6ClFN3P.C10H13ClFN2O2P.C5H2BrClFN.C5H4ClFIN2P.C5H4FNO.2C2H3N.CH4.BHO/c12-10-7(4-14)16-5-8(17-18)9(10)6-2-1-3-15-11(6)13;12-10-7(4-13)15-5-8-9(10)6-2-1-3-14-11(6)16(8)17;11-9-8(12)7(6(16-17)4-15-9)5-2-1-3-14-10(5)13;1-10(2,3)17-9(16)15(18)5-4-14-8(11)6(12)7(5)13;11-9-8(12)7-5-2-1-3-13-10(5)15(16)6(7)4-14-9;1-10(2,3)16-9(15)14(17)6-4-7(12)8(11)13-5-6;6-3-1-4(8)5(7)9-2-3;6-5-3(7)4(8)2(10-11)1-9-5;6-5-4(8)2-1-3-7-5;2*1-2-3;;1-2/h1-3,5,17H,18H2;1-3,5H,17H2;1-4,16H,17H2;4H,18H2,1-3H3;1-4H,16H2;4-5H,17H2,1-3H3;1-2H;1,10H,11H2;1-3,8H;2*1H3;1H4;2H. The van der Waals surface area contributed by atoms with Crippen LogP contribution < -0.4 is 24.6 Å². The van der Waals surface area contributed by atoms with Crippen LogP contribution in [0.25, 0.3) is 66.1 Å². The minimum absolute atomic E-state index is 0. The molecule has 0 saturated heterocycles. The lowest BCUT2D eigenvalue weighted by Crippen LogP contribution is -2.31. The first-order chi connectivity index (χ1) is 65.6. The summed E-state index contributed by atoms with van der Waals surface area (Å²) in [4.78, 5) is 71.2. The maximum absolute atomic E-state index is 14.1. The van der Waals surface area contributed by atoms with E-state index in [1.54, 1.807) is 128 Å². The largest absolute Gasteiger partial charge is 0.504 e. The van der Waals surface area contributed by atoms with Crippen molar-refractivity contribution in [1.29, 1.82) is 21.0 Å². The Kier molecular flexibility index (Phi) is 53.8. The molecule has 5 N–H and O–H groups in total. The number of fused-ring (bicyclic) bond motifs is 6. The number of carbonyl (C=O) groups excluding carboxylic acids is 2. The van der Waals surface area contributed by atoms with Crippen molar-refractivity contribution >= 4 is 289 Å². The molecule has 0 aromatic carbocycles. The molecule has 2 radical (unpaired) electrons. The molecular formula is C82H72BBrCl6F11I2N24O6P7. The minimum atomic E-state index is -0.878. The van der Waals surface area contributed by atoms with Gasteiger partial charge in [-0.15, -0.1) is 0 Å². The summed E-state index contributed by atoms with van der Waals surface area (Å²) < 4.78 is 164. The fraction of sp³-hybridized carbons (Fsp3) is 0.134. The number of hydrogen-bond acceptors (Lipinski definition) is 26. The molecule has 0 fully saturated rings. The second-order valence-corrected chi connectivity index (χ2v) is 35.2. The summed E-state index contributed by atoms with van der Waals surface area (Å²) in [6.07, 6.45) is 17.0. The van der Waals surface area contributed by atoms with Crippen molar-refractivity contribution in [2.75, 3.05) is 24.6 Å². The molecule has 140 heavy (non-hydrogen) atoms. The molecule has 0 saturated carbocycles. The summed E-state index contributed by atoms with van der Waals surface area (Å²) in [5, 5.41) is 56.3. The van der Waals surface area contributed by atoms with Crippen LogP contribution in [0.3, 0.4) is 0 Å². The molecule has 7 unspecified atom stereocenters. The summed E-state index contributed by atoms with van der Waals surface area (Å²) in [5.41, 5.74) is 2.36. The Labute approximate surface area is 875 Å². The van der Waals surface area contributed by atoms with E-state index in [4.69, 9.17) is 110 Å². The fourth-order valence-corrected chi connectivity index (χ4v) is 15.0. The molecular weight excluding hydrogens is 2400 g/mol. The van der Waals surface area contributed by atoms with Gasteiger partial charge < -0.3 is 43.5 Å². The highest BCUT2D eigenvalue weighted by molar-refractivity contribution is 14.1. The molecule has 0 spiro atoms. The van der Waals surface area contributed by atoms with Crippen LogP contribution >= 0.6 is 196 Å². The van der Waals surface area contributed by atoms with E-state index in [-0.39, 0.29) is 86.9 Å². The van der Waals surface area contributed by atoms with Crippen LogP contribution in [0.1, 0.15) is 74.2 Å². The zero-order valence-electron chi connectivity index (χ0n) is 72.0. The number of aromatic nitrogens is 15. The first kappa shape index (κ1) is 124. The number of nitrogens with zero attached hydrogens (tertiary/aromatic N) is 21. The summed E-state index contributed by atoms with van der Waals surface area (Å²) in [6, 6.07) is 24.8. The fourth-order valence-electron chi connectivity index (χ4n) is 9.89. The van der Waals surface area contributed by atoms with Crippen molar-refractivity contribution in [3.63, 3.8) is 0 Å². The SMILES string of the molecule is C.CC#N.CC#N.CC(C)(C)OC(=O)N(P)c1cnc(Cl)c(F)c1.CC(C)(C)OC(=O)N(P)c1cnc(Cl)c(F)c1I.Fc1c(Cl)ncc(NP)c1I.Fc1c(Cl)ncc2c1c1cccnc1n2P.Fc1cc(Br)cnc1Cl.Fc1ncccc1-c1c(NP)cnc(Cl)c1F.N#Cc1ncc(NP)c(-c2cccnc2F)c1F.N#Cc1ncc2c(c1F)c1cccnc1n2P.Oc1cccnc1F.[B]O. The Morgan fingerprint density at radius 2 is 0.814 bits per heavy atom. The van der Waals surface area contributed by atoms with Crippen LogP contribution in [-0.2, 0) is 9.47 Å². The summed E-state index contributed by atoms with van der Waals surface area (Å²) >= 11 is 39.6. The van der Waals surface area contributed by atoms with E-state index < -0.39 is 99.2 Å². The number of pyridine rings is 13. The monoisotopic (exact) mass is 2470 g/mol.